The molecule has 1 aromatic carbocycles. The first-order chi connectivity index (χ1) is 10.4. The fourth-order valence-electron chi connectivity index (χ4n) is 1.68. The second-order valence-corrected chi connectivity index (χ2v) is 4.54. The highest BCUT2D eigenvalue weighted by Crippen LogP contribution is 2.28. The Morgan fingerprint density at radius 1 is 1.23 bits per heavy atom. The molecule has 1 rings (SSSR count). The predicted molar refractivity (Wildman–Crippen MR) is 78.4 cm³/mol. The Bertz CT molecular complexity index is 555. The highest BCUT2D eigenvalue weighted by Gasteiger charge is 2.09. The smallest absolute Gasteiger partial charge is 0.322 e. The molecule has 7 heteroatoms. The molecule has 0 aliphatic carbocycles. The van der Waals surface area contributed by atoms with Crippen LogP contribution in [0.25, 0.3) is 0 Å². The van der Waals surface area contributed by atoms with Gasteiger partial charge >= 0.3 is 5.97 Å². The molecule has 0 bridgehead atoms. The molecular weight excluding hydrogens is 290 g/mol. The Hall–Kier alpha value is -2.57. The molecule has 1 amide bonds. The Labute approximate surface area is 128 Å². The number of aliphatic carboxylic acids is 1. The third-order valence-corrected chi connectivity index (χ3v) is 2.81. The van der Waals surface area contributed by atoms with Crippen LogP contribution in [0.4, 0.5) is 0 Å². The first-order valence-corrected chi connectivity index (χ1v) is 6.74. The quantitative estimate of drug-likeness (QED) is 0.526. The molecule has 0 heterocycles. The molecule has 0 unspecified atom stereocenters. The van der Waals surface area contributed by atoms with Crippen molar-refractivity contribution in [3.63, 3.8) is 0 Å². The summed E-state index contributed by atoms with van der Waals surface area (Å²) in [6.45, 7) is 1.35. The molecule has 0 aromatic heterocycles. The molecule has 0 aliphatic heterocycles. The SMILES string of the molecule is COc1cc(C(C)=O)ccc1OCCCC(=O)NCC(=O)O. The van der Waals surface area contributed by atoms with E-state index < -0.39 is 5.97 Å². The summed E-state index contributed by atoms with van der Waals surface area (Å²) in [5.41, 5.74) is 0.525. The van der Waals surface area contributed by atoms with Gasteiger partial charge in [-0.2, -0.15) is 0 Å². The van der Waals surface area contributed by atoms with Gasteiger partial charge in [0.2, 0.25) is 5.91 Å². The first-order valence-electron chi connectivity index (χ1n) is 6.74. The standard InChI is InChI=1S/C15H19NO6/c1-10(17)11-5-6-12(13(8-11)21-2)22-7-3-4-14(18)16-9-15(19)20/h5-6,8H,3-4,7,9H2,1-2H3,(H,16,18)(H,19,20). The van der Waals surface area contributed by atoms with Crippen molar-refractivity contribution >= 4 is 17.7 Å². The van der Waals surface area contributed by atoms with Gasteiger partial charge in [0.15, 0.2) is 17.3 Å². The van der Waals surface area contributed by atoms with E-state index in [0.717, 1.165) is 0 Å². The minimum Gasteiger partial charge on any atom is -0.493 e. The van der Waals surface area contributed by atoms with Gasteiger partial charge in [-0.05, 0) is 31.5 Å². The zero-order valence-electron chi connectivity index (χ0n) is 12.5. The third-order valence-electron chi connectivity index (χ3n) is 2.81. The molecule has 0 saturated carbocycles. The summed E-state index contributed by atoms with van der Waals surface area (Å²) in [7, 11) is 1.48. The average Bonchev–Trinajstić information content (AvgIpc) is 2.49. The van der Waals surface area contributed by atoms with Gasteiger partial charge in [-0.1, -0.05) is 0 Å². The maximum atomic E-state index is 11.3. The fraction of sp³-hybridized carbons (Fsp3) is 0.400. The van der Waals surface area contributed by atoms with Gasteiger partial charge in [-0.25, -0.2) is 0 Å². The van der Waals surface area contributed by atoms with E-state index in [2.05, 4.69) is 5.32 Å². The number of carboxylic acid groups (broad SMARTS) is 1. The van der Waals surface area contributed by atoms with Crippen LogP contribution in [0.1, 0.15) is 30.1 Å². The predicted octanol–water partition coefficient (Wildman–Crippen LogP) is 1.26. The molecule has 7 nitrogen and oxygen atoms in total. The van der Waals surface area contributed by atoms with E-state index in [9.17, 15) is 14.4 Å². The molecule has 0 spiro atoms. The average molecular weight is 309 g/mol. The van der Waals surface area contributed by atoms with Crippen LogP contribution in [0.15, 0.2) is 18.2 Å². The monoisotopic (exact) mass is 309 g/mol. The molecule has 0 saturated heterocycles. The van der Waals surface area contributed by atoms with Crippen LogP contribution in [-0.2, 0) is 9.59 Å². The summed E-state index contributed by atoms with van der Waals surface area (Å²) in [6.07, 6.45) is 0.601. The summed E-state index contributed by atoms with van der Waals surface area (Å²) in [6, 6.07) is 4.87. The van der Waals surface area contributed by atoms with Gasteiger partial charge in [0.1, 0.15) is 6.54 Å². The lowest BCUT2D eigenvalue weighted by Crippen LogP contribution is -2.29. The zero-order valence-corrected chi connectivity index (χ0v) is 12.5. The number of Topliss-reactive ketones (excluding diaryl/α,β-unsaturated/α-hetero) is 1. The van der Waals surface area contributed by atoms with E-state index >= 15 is 0 Å². The number of ketones is 1. The summed E-state index contributed by atoms with van der Waals surface area (Å²) in [5, 5.41) is 10.7. The van der Waals surface area contributed by atoms with Crippen molar-refractivity contribution in [2.75, 3.05) is 20.3 Å². The van der Waals surface area contributed by atoms with E-state index in [1.54, 1.807) is 18.2 Å². The number of methoxy groups -OCH3 is 1. The molecular formula is C15H19NO6. The first kappa shape index (κ1) is 17.5. The summed E-state index contributed by atoms with van der Waals surface area (Å²) in [5.74, 6) is -0.564. The molecule has 0 radical (unpaired) electrons. The third kappa shape index (κ3) is 5.82. The van der Waals surface area contributed by atoms with Crippen LogP contribution < -0.4 is 14.8 Å². The highest BCUT2D eigenvalue weighted by molar-refractivity contribution is 5.94. The van der Waals surface area contributed by atoms with Crippen LogP contribution in [-0.4, -0.2) is 43.0 Å². The molecule has 0 atom stereocenters. The number of carbonyl (C=O) groups is 3. The Balaban J connectivity index is 2.43. The van der Waals surface area contributed by atoms with E-state index in [1.807, 2.05) is 0 Å². The van der Waals surface area contributed by atoms with Crippen LogP contribution in [0.5, 0.6) is 11.5 Å². The Morgan fingerprint density at radius 2 is 1.95 bits per heavy atom. The van der Waals surface area contributed by atoms with E-state index in [0.29, 0.717) is 23.5 Å². The number of carbonyl (C=O) groups excluding carboxylic acids is 2. The molecule has 0 fully saturated rings. The lowest BCUT2D eigenvalue weighted by Gasteiger charge is -2.11. The molecule has 22 heavy (non-hydrogen) atoms. The number of benzene rings is 1. The number of rotatable bonds is 9. The Morgan fingerprint density at radius 3 is 2.55 bits per heavy atom. The van der Waals surface area contributed by atoms with Gasteiger partial charge in [0.25, 0.3) is 0 Å². The van der Waals surface area contributed by atoms with E-state index in [-0.39, 0.29) is 31.3 Å². The fourth-order valence-corrected chi connectivity index (χ4v) is 1.68. The summed E-state index contributed by atoms with van der Waals surface area (Å²) >= 11 is 0. The number of hydrogen-bond donors (Lipinski definition) is 2. The van der Waals surface area contributed by atoms with Crippen LogP contribution in [0.3, 0.4) is 0 Å². The van der Waals surface area contributed by atoms with Crippen molar-refractivity contribution in [1.29, 1.82) is 0 Å². The Kier molecular flexibility index (Phi) is 6.88. The van der Waals surface area contributed by atoms with Crippen molar-refractivity contribution in [1.82, 2.24) is 5.32 Å². The maximum Gasteiger partial charge on any atom is 0.322 e. The second kappa shape index (κ2) is 8.66. The lowest BCUT2D eigenvalue weighted by molar-refractivity contribution is -0.137. The zero-order chi connectivity index (χ0) is 16.5. The topological polar surface area (TPSA) is 102 Å². The number of ether oxygens (including phenoxy) is 2. The summed E-state index contributed by atoms with van der Waals surface area (Å²) < 4.78 is 10.7. The molecule has 2 N–H and O–H groups in total. The van der Waals surface area contributed by atoms with Crippen LogP contribution in [0, 0.1) is 0 Å². The molecule has 120 valence electrons. The van der Waals surface area contributed by atoms with Gasteiger partial charge in [0, 0.05) is 12.0 Å². The number of hydrogen-bond acceptors (Lipinski definition) is 5. The van der Waals surface area contributed by atoms with Gasteiger partial charge in [-0.3, -0.25) is 14.4 Å². The minimum atomic E-state index is -1.08. The summed E-state index contributed by atoms with van der Waals surface area (Å²) in [4.78, 5) is 32.9. The molecule has 1 aromatic rings. The van der Waals surface area contributed by atoms with Crippen molar-refractivity contribution in [3.05, 3.63) is 23.8 Å². The van der Waals surface area contributed by atoms with Gasteiger partial charge < -0.3 is 19.9 Å². The van der Waals surface area contributed by atoms with Crippen molar-refractivity contribution < 1.29 is 29.0 Å². The van der Waals surface area contributed by atoms with Gasteiger partial charge in [-0.15, -0.1) is 0 Å². The van der Waals surface area contributed by atoms with Crippen molar-refractivity contribution in [2.45, 2.75) is 19.8 Å². The van der Waals surface area contributed by atoms with Gasteiger partial charge in [0.05, 0.1) is 13.7 Å². The normalized spacial score (nSPS) is 9.91. The van der Waals surface area contributed by atoms with Crippen LogP contribution >= 0.6 is 0 Å². The van der Waals surface area contributed by atoms with Crippen molar-refractivity contribution in [2.24, 2.45) is 0 Å². The molecule has 0 aliphatic rings. The highest BCUT2D eigenvalue weighted by atomic mass is 16.5. The van der Waals surface area contributed by atoms with E-state index in [1.165, 1.54) is 14.0 Å². The number of carboxylic acids is 1. The minimum absolute atomic E-state index is 0.0695. The largest absolute Gasteiger partial charge is 0.493 e. The maximum absolute atomic E-state index is 11.3. The van der Waals surface area contributed by atoms with Crippen molar-refractivity contribution in [3.8, 4) is 11.5 Å². The van der Waals surface area contributed by atoms with E-state index in [4.69, 9.17) is 14.6 Å². The van der Waals surface area contributed by atoms with Crippen LogP contribution in [0.2, 0.25) is 0 Å². The lowest BCUT2D eigenvalue weighted by atomic mass is 10.1. The number of nitrogens with one attached hydrogen (secondary N) is 1. The second-order valence-electron chi connectivity index (χ2n) is 4.54. The number of amides is 1.